The predicted molar refractivity (Wildman–Crippen MR) is 111 cm³/mol. The van der Waals surface area contributed by atoms with E-state index in [0.29, 0.717) is 31.7 Å². The zero-order chi connectivity index (χ0) is 21.3. The maximum Gasteiger partial charge on any atom is 0.293 e. The summed E-state index contributed by atoms with van der Waals surface area (Å²) in [5, 5.41) is 19.1. The number of aryl methyl sites for hydroxylation is 2. The fraction of sp³-hybridized carbons (Fsp3) is 0.368. The van der Waals surface area contributed by atoms with Gasteiger partial charge in [0, 0.05) is 39.3 Å². The minimum Gasteiger partial charge on any atom is -0.353 e. The van der Waals surface area contributed by atoms with Crippen molar-refractivity contribution >= 4 is 34.1 Å². The number of carbonyl (C=O) groups excluding carboxylic acids is 1. The highest BCUT2D eigenvalue weighted by Gasteiger charge is 2.24. The van der Waals surface area contributed by atoms with Gasteiger partial charge < -0.3 is 10.2 Å². The van der Waals surface area contributed by atoms with E-state index in [-0.39, 0.29) is 23.8 Å². The summed E-state index contributed by atoms with van der Waals surface area (Å²) in [6.45, 7) is 4.68. The number of nitro benzene ring substituents is 1. The van der Waals surface area contributed by atoms with Gasteiger partial charge in [-0.3, -0.25) is 24.5 Å². The molecule has 11 nitrogen and oxygen atoms in total. The van der Waals surface area contributed by atoms with Crippen LogP contribution in [0, 0.1) is 17.0 Å². The van der Waals surface area contributed by atoms with Gasteiger partial charge >= 0.3 is 0 Å². The Balaban J connectivity index is 1.38. The largest absolute Gasteiger partial charge is 0.353 e. The van der Waals surface area contributed by atoms with E-state index in [4.69, 9.17) is 0 Å². The zero-order valence-corrected chi connectivity index (χ0v) is 16.8. The van der Waals surface area contributed by atoms with Crippen LogP contribution in [0.5, 0.6) is 0 Å². The van der Waals surface area contributed by atoms with Crippen LogP contribution in [-0.4, -0.2) is 68.2 Å². The average molecular weight is 410 g/mol. The van der Waals surface area contributed by atoms with Crippen LogP contribution in [-0.2, 0) is 11.8 Å². The quantitative estimate of drug-likeness (QED) is 0.494. The average Bonchev–Trinajstić information content (AvgIpc) is 3.11. The number of aromatic nitrogens is 4. The van der Waals surface area contributed by atoms with Crippen molar-refractivity contribution in [2.24, 2.45) is 7.05 Å². The third-order valence-electron chi connectivity index (χ3n) is 5.26. The third-order valence-corrected chi connectivity index (χ3v) is 5.26. The Morgan fingerprint density at radius 1 is 1.23 bits per heavy atom. The zero-order valence-electron chi connectivity index (χ0n) is 16.8. The number of nitro groups is 1. The molecule has 1 fully saturated rings. The van der Waals surface area contributed by atoms with Gasteiger partial charge in [-0.05, 0) is 12.5 Å². The smallest absolute Gasteiger partial charge is 0.293 e. The number of benzene rings is 1. The number of rotatable bonds is 5. The van der Waals surface area contributed by atoms with Crippen LogP contribution in [0.3, 0.4) is 0 Å². The molecule has 1 aromatic carbocycles. The molecule has 0 aliphatic carbocycles. The van der Waals surface area contributed by atoms with Crippen molar-refractivity contribution in [1.82, 2.24) is 24.6 Å². The first-order chi connectivity index (χ1) is 14.4. The summed E-state index contributed by atoms with van der Waals surface area (Å²) in [7, 11) is 1.84. The minimum absolute atomic E-state index is 0.0996. The number of hydrogen-bond acceptors (Lipinski definition) is 8. The lowest BCUT2D eigenvalue weighted by Gasteiger charge is -2.35. The van der Waals surface area contributed by atoms with E-state index in [0.717, 1.165) is 16.9 Å². The standard InChI is InChI=1S/C19H22N8O3/c1-13-4-3-5-15(27(29)30)17(13)23-16(28)11-25-6-8-26(9-7-25)19-14-10-22-24(2)18(14)20-12-21-19/h3-5,10,12H,6-9,11H2,1-2H3,(H,23,28). The van der Waals surface area contributed by atoms with E-state index in [9.17, 15) is 14.9 Å². The maximum absolute atomic E-state index is 12.5. The van der Waals surface area contributed by atoms with Gasteiger partial charge in [-0.25, -0.2) is 9.97 Å². The highest BCUT2D eigenvalue weighted by Crippen LogP contribution is 2.27. The molecule has 1 N–H and O–H groups in total. The van der Waals surface area contributed by atoms with Crippen molar-refractivity contribution in [1.29, 1.82) is 0 Å². The molecule has 30 heavy (non-hydrogen) atoms. The normalized spacial score (nSPS) is 14.8. The van der Waals surface area contributed by atoms with Crippen molar-refractivity contribution in [2.75, 3.05) is 42.9 Å². The molecular formula is C19H22N8O3. The minimum atomic E-state index is -0.484. The number of anilines is 2. The molecule has 0 radical (unpaired) electrons. The molecule has 2 aromatic heterocycles. The number of nitrogens with zero attached hydrogens (tertiary/aromatic N) is 7. The fourth-order valence-electron chi connectivity index (χ4n) is 3.67. The Labute approximate surface area is 172 Å². The van der Waals surface area contributed by atoms with Gasteiger partial charge in [-0.15, -0.1) is 0 Å². The number of piperazine rings is 1. The number of nitrogens with one attached hydrogen (secondary N) is 1. The van der Waals surface area contributed by atoms with Crippen LogP contribution in [0.1, 0.15) is 5.56 Å². The van der Waals surface area contributed by atoms with Crippen LogP contribution in [0.2, 0.25) is 0 Å². The highest BCUT2D eigenvalue weighted by atomic mass is 16.6. The van der Waals surface area contributed by atoms with Crippen molar-refractivity contribution in [3.8, 4) is 0 Å². The van der Waals surface area contributed by atoms with Crippen molar-refractivity contribution < 1.29 is 9.72 Å². The van der Waals surface area contributed by atoms with Gasteiger partial charge in [-0.2, -0.15) is 5.10 Å². The van der Waals surface area contributed by atoms with Crippen molar-refractivity contribution in [3.63, 3.8) is 0 Å². The molecule has 0 spiro atoms. The van der Waals surface area contributed by atoms with Gasteiger partial charge in [0.1, 0.15) is 17.8 Å². The number of hydrogen-bond donors (Lipinski definition) is 1. The highest BCUT2D eigenvalue weighted by molar-refractivity contribution is 5.95. The maximum atomic E-state index is 12.5. The summed E-state index contributed by atoms with van der Waals surface area (Å²) in [5.74, 6) is 0.574. The lowest BCUT2D eigenvalue weighted by atomic mass is 10.1. The summed E-state index contributed by atoms with van der Waals surface area (Å²) in [4.78, 5) is 36.1. The van der Waals surface area contributed by atoms with Gasteiger partial charge in [0.25, 0.3) is 5.69 Å². The van der Waals surface area contributed by atoms with Gasteiger partial charge in [0.05, 0.1) is 23.1 Å². The summed E-state index contributed by atoms with van der Waals surface area (Å²) >= 11 is 0. The van der Waals surface area contributed by atoms with E-state index in [1.165, 1.54) is 12.4 Å². The van der Waals surface area contributed by atoms with Crippen LogP contribution in [0.25, 0.3) is 11.0 Å². The monoisotopic (exact) mass is 410 g/mol. The molecule has 1 aliphatic heterocycles. The van der Waals surface area contributed by atoms with Gasteiger partial charge in [0.2, 0.25) is 5.91 Å². The molecule has 11 heteroatoms. The van der Waals surface area contributed by atoms with Gasteiger partial charge in [0.15, 0.2) is 5.65 Å². The molecular weight excluding hydrogens is 388 g/mol. The van der Waals surface area contributed by atoms with Gasteiger partial charge in [-0.1, -0.05) is 12.1 Å². The SMILES string of the molecule is Cc1cccc([N+](=O)[O-])c1NC(=O)CN1CCN(c2ncnc3c2cnn3C)CC1. The second-order valence-electron chi connectivity index (χ2n) is 7.24. The van der Waals surface area contributed by atoms with Crippen molar-refractivity contribution in [2.45, 2.75) is 6.92 Å². The Hall–Kier alpha value is -3.60. The molecule has 3 heterocycles. The van der Waals surface area contributed by atoms with Crippen LogP contribution < -0.4 is 10.2 Å². The first kappa shape index (κ1) is 19.7. The lowest BCUT2D eigenvalue weighted by molar-refractivity contribution is -0.384. The number of amides is 1. The van der Waals surface area contributed by atoms with Crippen LogP contribution in [0.15, 0.2) is 30.7 Å². The first-order valence-electron chi connectivity index (χ1n) is 9.58. The molecule has 156 valence electrons. The summed E-state index contributed by atoms with van der Waals surface area (Å²) < 4.78 is 1.71. The Bertz CT molecular complexity index is 1100. The number of carbonyl (C=O) groups is 1. The molecule has 4 rings (SSSR count). The molecule has 1 saturated heterocycles. The number of para-hydroxylation sites is 1. The molecule has 1 amide bonds. The van der Waals surface area contributed by atoms with Crippen LogP contribution in [0.4, 0.5) is 17.2 Å². The third kappa shape index (κ3) is 3.79. The first-order valence-corrected chi connectivity index (χ1v) is 9.58. The second-order valence-corrected chi connectivity index (χ2v) is 7.24. The summed E-state index contributed by atoms with van der Waals surface area (Å²) in [6.07, 6.45) is 3.30. The number of fused-ring (bicyclic) bond motifs is 1. The molecule has 0 unspecified atom stereocenters. The Morgan fingerprint density at radius 2 is 2.00 bits per heavy atom. The fourth-order valence-corrected chi connectivity index (χ4v) is 3.67. The topological polar surface area (TPSA) is 122 Å². The Morgan fingerprint density at radius 3 is 2.73 bits per heavy atom. The molecule has 0 saturated carbocycles. The van der Waals surface area contributed by atoms with E-state index in [1.807, 2.05) is 11.9 Å². The van der Waals surface area contributed by atoms with E-state index < -0.39 is 4.92 Å². The second kappa shape index (κ2) is 8.03. The molecule has 3 aromatic rings. The predicted octanol–water partition coefficient (Wildman–Crippen LogP) is 1.34. The lowest BCUT2D eigenvalue weighted by Crippen LogP contribution is -2.49. The van der Waals surface area contributed by atoms with E-state index in [1.54, 1.807) is 29.9 Å². The Kier molecular flexibility index (Phi) is 5.27. The summed E-state index contributed by atoms with van der Waals surface area (Å²) in [5.41, 5.74) is 1.59. The molecule has 1 aliphatic rings. The van der Waals surface area contributed by atoms with Crippen LogP contribution >= 0.6 is 0 Å². The van der Waals surface area contributed by atoms with E-state index >= 15 is 0 Å². The molecule has 0 bridgehead atoms. The molecule has 0 atom stereocenters. The summed E-state index contributed by atoms with van der Waals surface area (Å²) in [6, 6.07) is 4.74. The van der Waals surface area contributed by atoms with E-state index in [2.05, 4.69) is 25.3 Å². The van der Waals surface area contributed by atoms with Crippen molar-refractivity contribution in [3.05, 3.63) is 46.4 Å².